The molecule has 0 spiro atoms. The summed E-state index contributed by atoms with van der Waals surface area (Å²) in [6.45, 7) is 10.5. The zero-order valence-electron chi connectivity index (χ0n) is 13.5. The van der Waals surface area contributed by atoms with Crippen LogP contribution in [0.3, 0.4) is 0 Å². The van der Waals surface area contributed by atoms with Gasteiger partial charge in [-0.15, -0.1) is 0 Å². The fourth-order valence-electron chi connectivity index (χ4n) is 3.27. The maximum absolute atomic E-state index is 3.55. The van der Waals surface area contributed by atoms with E-state index in [-0.39, 0.29) is 0 Å². The predicted molar refractivity (Wildman–Crippen MR) is 89.1 cm³/mol. The molecule has 0 aromatic carbocycles. The van der Waals surface area contributed by atoms with Crippen LogP contribution in [0.25, 0.3) is 0 Å². The maximum atomic E-state index is 3.55. The highest BCUT2D eigenvalue weighted by molar-refractivity contribution is 8.00. The lowest BCUT2D eigenvalue weighted by atomic mass is 9.83. The average molecular weight is 287 g/mol. The summed E-state index contributed by atoms with van der Waals surface area (Å²) in [4.78, 5) is 2.54. The van der Waals surface area contributed by atoms with E-state index < -0.39 is 0 Å². The molecule has 1 aliphatic rings. The Hall–Kier alpha value is 0.270. The number of nitrogens with one attached hydrogen (secondary N) is 1. The molecule has 1 N–H and O–H groups in total. The Morgan fingerprint density at radius 3 is 2.47 bits per heavy atom. The molecular weight excluding hydrogens is 252 g/mol. The first-order chi connectivity index (χ1) is 9.24. The lowest BCUT2D eigenvalue weighted by Gasteiger charge is -2.36. The quantitative estimate of drug-likeness (QED) is 0.697. The zero-order chi connectivity index (χ0) is 14.1. The topological polar surface area (TPSA) is 15.3 Å². The number of rotatable bonds is 9. The van der Waals surface area contributed by atoms with Crippen molar-refractivity contribution in [2.24, 2.45) is 5.92 Å². The minimum atomic E-state index is 0.745. The summed E-state index contributed by atoms with van der Waals surface area (Å²) in [7, 11) is 2.14. The van der Waals surface area contributed by atoms with Gasteiger partial charge in [0.15, 0.2) is 0 Å². The van der Waals surface area contributed by atoms with Gasteiger partial charge in [0.05, 0.1) is 0 Å². The fraction of sp³-hybridized carbons (Fsp3) is 1.00. The number of hydrogen-bond donors (Lipinski definition) is 1. The molecule has 114 valence electrons. The van der Waals surface area contributed by atoms with Crippen LogP contribution in [0.2, 0.25) is 0 Å². The van der Waals surface area contributed by atoms with E-state index in [0.29, 0.717) is 0 Å². The molecular formula is C16H34N2S. The van der Waals surface area contributed by atoms with E-state index in [9.17, 15) is 0 Å². The van der Waals surface area contributed by atoms with E-state index >= 15 is 0 Å². The van der Waals surface area contributed by atoms with Crippen LogP contribution < -0.4 is 5.32 Å². The normalized spacial score (nSPS) is 27.9. The van der Waals surface area contributed by atoms with Gasteiger partial charge in [0, 0.05) is 23.6 Å². The van der Waals surface area contributed by atoms with Crippen molar-refractivity contribution in [3.63, 3.8) is 0 Å². The van der Waals surface area contributed by atoms with Crippen LogP contribution in [-0.2, 0) is 0 Å². The van der Waals surface area contributed by atoms with E-state index in [1.807, 2.05) is 0 Å². The summed E-state index contributed by atoms with van der Waals surface area (Å²) in [5, 5.41) is 4.39. The van der Waals surface area contributed by atoms with Crippen LogP contribution in [-0.4, -0.2) is 48.6 Å². The summed E-state index contributed by atoms with van der Waals surface area (Å²) in [6.07, 6.45) is 7.04. The molecule has 1 rings (SSSR count). The Morgan fingerprint density at radius 2 is 1.89 bits per heavy atom. The van der Waals surface area contributed by atoms with Gasteiger partial charge in [0.1, 0.15) is 0 Å². The van der Waals surface area contributed by atoms with Crippen LogP contribution in [0.4, 0.5) is 0 Å². The van der Waals surface area contributed by atoms with Crippen LogP contribution in [0.1, 0.15) is 52.9 Å². The van der Waals surface area contributed by atoms with Crippen molar-refractivity contribution < 1.29 is 0 Å². The van der Waals surface area contributed by atoms with Gasteiger partial charge in [-0.25, -0.2) is 0 Å². The molecule has 1 aliphatic carbocycles. The summed E-state index contributed by atoms with van der Waals surface area (Å²) in [5.74, 6) is 2.28. The van der Waals surface area contributed by atoms with Crippen molar-refractivity contribution in [3.8, 4) is 0 Å². The summed E-state index contributed by atoms with van der Waals surface area (Å²) in [5.41, 5.74) is 0. The maximum Gasteiger partial charge on any atom is 0.0204 e. The molecule has 0 aromatic heterocycles. The zero-order valence-corrected chi connectivity index (χ0v) is 14.3. The smallest absolute Gasteiger partial charge is 0.0204 e. The molecule has 0 heterocycles. The van der Waals surface area contributed by atoms with Crippen LogP contribution >= 0.6 is 11.8 Å². The monoisotopic (exact) mass is 286 g/mol. The van der Waals surface area contributed by atoms with E-state index in [1.165, 1.54) is 57.5 Å². The molecule has 0 bridgehead atoms. The molecule has 1 fully saturated rings. The highest BCUT2D eigenvalue weighted by Crippen LogP contribution is 2.34. The first kappa shape index (κ1) is 17.3. The van der Waals surface area contributed by atoms with Gasteiger partial charge < -0.3 is 10.2 Å². The summed E-state index contributed by atoms with van der Waals surface area (Å²) >= 11 is 2.21. The number of hydrogen-bond acceptors (Lipinski definition) is 3. The SMILES string of the molecule is CCCC1CCC(NC)C(SCCN(CC)CC)C1. The van der Waals surface area contributed by atoms with Gasteiger partial charge in [-0.1, -0.05) is 33.6 Å². The van der Waals surface area contributed by atoms with Gasteiger partial charge in [-0.3, -0.25) is 0 Å². The van der Waals surface area contributed by atoms with E-state index in [4.69, 9.17) is 0 Å². The van der Waals surface area contributed by atoms with Gasteiger partial charge >= 0.3 is 0 Å². The third-order valence-corrected chi connectivity index (χ3v) is 5.97. The van der Waals surface area contributed by atoms with Gasteiger partial charge in [0.25, 0.3) is 0 Å². The van der Waals surface area contributed by atoms with Crippen molar-refractivity contribution in [2.45, 2.75) is 64.2 Å². The van der Waals surface area contributed by atoms with Crippen molar-refractivity contribution >= 4 is 11.8 Å². The van der Waals surface area contributed by atoms with Crippen LogP contribution in [0.5, 0.6) is 0 Å². The molecule has 3 heteroatoms. The fourth-order valence-corrected chi connectivity index (χ4v) is 4.85. The predicted octanol–water partition coefficient (Wildman–Crippen LogP) is 3.62. The molecule has 0 saturated heterocycles. The average Bonchev–Trinajstić information content (AvgIpc) is 2.44. The molecule has 3 atom stereocenters. The largest absolute Gasteiger partial charge is 0.316 e. The molecule has 0 radical (unpaired) electrons. The highest BCUT2D eigenvalue weighted by atomic mass is 32.2. The molecule has 0 aliphatic heterocycles. The molecule has 19 heavy (non-hydrogen) atoms. The number of thioether (sulfide) groups is 1. The Balaban J connectivity index is 2.34. The van der Waals surface area contributed by atoms with Crippen molar-refractivity contribution in [1.29, 1.82) is 0 Å². The summed E-state index contributed by atoms with van der Waals surface area (Å²) in [6, 6.07) is 0.745. The van der Waals surface area contributed by atoms with E-state index in [0.717, 1.165) is 17.2 Å². The van der Waals surface area contributed by atoms with E-state index in [1.54, 1.807) is 0 Å². The van der Waals surface area contributed by atoms with Gasteiger partial charge in [-0.05, 0) is 45.3 Å². The van der Waals surface area contributed by atoms with Crippen molar-refractivity contribution in [3.05, 3.63) is 0 Å². The Morgan fingerprint density at radius 1 is 1.16 bits per heavy atom. The Bertz CT molecular complexity index is 219. The molecule has 3 unspecified atom stereocenters. The lowest BCUT2D eigenvalue weighted by molar-refractivity contribution is 0.294. The third kappa shape index (κ3) is 6.05. The van der Waals surface area contributed by atoms with E-state index in [2.05, 4.69) is 49.8 Å². The van der Waals surface area contributed by atoms with Crippen LogP contribution in [0.15, 0.2) is 0 Å². The standard InChI is InChI=1S/C16H34N2S/c1-5-8-14-9-10-15(17-4)16(13-14)19-12-11-18(6-2)7-3/h14-17H,5-13H2,1-4H3. The summed E-state index contributed by atoms with van der Waals surface area (Å²) < 4.78 is 0. The first-order valence-corrected chi connectivity index (χ1v) is 9.31. The van der Waals surface area contributed by atoms with Crippen molar-refractivity contribution in [2.75, 3.05) is 32.4 Å². The van der Waals surface area contributed by atoms with Crippen molar-refractivity contribution in [1.82, 2.24) is 10.2 Å². The van der Waals surface area contributed by atoms with Gasteiger partial charge in [-0.2, -0.15) is 11.8 Å². The molecule has 1 saturated carbocycles. The minimum absolute atomic E-state index is 0.745. The Labute approximate surface area is 125 Å². The molecule has 2 nitrogen and oxygen atoms in total. The second kappa shape index (κ2) is 10.1. The van der Waals surface area contributed by atoms with Crippen LogP contribution in [0, 0.1) is 5.92 Å². The highest BCUT2D eigenvalue weighted by Gasteiger charge is 2.29. The molecule has 0 aromatic rings. The molecule has 0 amide bonds. The lowest BCUT2D eigenvalue weighted by Crippen LogP contribution is -2.41. The third-order valence-electron chi connectivity index (χ3n) is 4.60. The minimum Gasteiger partial charge on any atom is -0.316 e. The second-order valence-corrected chi connectivity index (χ2v) is 7.15. The first-order valence-electron chi connectivity index (χ1n) is 8.26. The number of nitrogens with zero attached hydrogens (tertiary/aromatic N) is 1. The van der Waals surface area contributed by atoms with Gasteiger partial charge in [0.2, 0.25) is 0 Å². The Kier molecular flexibility index (Phi) is 9.17. The second-order valence-electron chi connectivity index (χ2n) is 5.80.